The van der Waals surface area contributed by atoms with Crippen molar-refractivity contribution in [3.05, 3.63) is 60.2 Å². The highest BCUT2D eigenvalue weighted by molar-refractivity contribution is 7.89. The number of primary sulfonamides is 1. The smallest absolute Gasteiger partial charge is 0.319 e. The van der Waals surface area contributed by atoms with E-state index in [1.807, 2.05) is 30.3 Å². The van der Waals surface area contributed by atoms with Crippen LogP contribution in [0.25, 0.3) is 0 Å². The highest BCUT2D eigenvalue weighted by Crippen LogP contribution is 2.12. The molecule has 2 aromatic carbocycles. The molecule has 4 N–H and O–H groups in total. The summed E-state index contributed by atoms with van der Waals surface area (Å²) in [5.41, 5.74) is 1.73. The van der Waals surface area contributed by atoms with E-state index < -0.39 is 10.0 Å². The Morgan fingerprint density at radius 3 is 2.26 bits per heavy atom. The van der Waals surface area contributed by atoms with Gasteiger partial charge in [0.25, 0.3) is 0 Å². The number of rotatable bonds is 6. The second-order valence-electron chi connectivity index (χ2n) is 5.04. The summed E-state index contributed by atoms with van der Waals surface area (Å²) in [6.45, 7) is 0.552. The van der Waals surface area contributed by atoms with Gasteiger partial charge >= 0.3 is 6.03 Å². The molecule has 0 aliphatic rings. The molecule has 0 atom stereocenters. The van der Waals surface area contributed by atoms with Crippen molar-refractivity contribution in [3.8, 4) is 0 Å². The van der Waals surface area contributed by atoms with Gasteiger partial charge in [-0.15, -0.1) is 0 Å². The fourth-order valence-electron chi connectivity index (χ4n) is 2.04. The summed E-state index contributed by atoms with van der Waals surface area (Å²) in [4.78, 5) is 11.7. The topological polar surface area (TPSA) is 101 Å². The number of hydrogen-bond acceptors (Lipinski definition) is 3. The van der Waals surface area contributed by atoms with Crippen LogP contribution in [0.4, 0.5) is 10.5 Å². The lowest BCUT2D eigenvalue weighted by Crippen LogP contribution is -2.29. The molecule has 0 bridgehead atoms. The average Bonchev–Trinajstić information content (AvgIpc) is 2.52. The predicted molar refractivity (Wildman–Crippen MR) is 89.6 cm³/mol. The van der Waals surface area contributed by atoms with Crippen LogP contribution in [0.3, 0.4) is 0 Å². The monoisotopic (exact) mass is 333 g/mol. The molecule has 0 radical (unpaired) electrons. The maximum atomic E-state index is 11.7. The molecule has 0 fully saturated rings. The van der Waals surface area contributed by atoms with Gasteiger partial charge in [0.15, 0.2) is 0 Å². The van der Waals surface area contributed by atoms with E-state index in [-0.39, 0.29) is 10.9 Å². The third kappa shape index (κ3) is 5.72. The third-order valence-corrected chi connectivity index (χ3v) is 4.14. The molecule has 0 aromatic heterocycles. The quantitative estimate of drug-likeness (QED) is 0.705. The largest absolute Gasteiger partial charge is 0.338 e. The van der Waals surface area contributed by atoms with E-state index in [0.717, 1.165) is 12.8 Å². The van der Waals surface area contributed by atoms with Gasteiger partial charge in [-0.1, -0.05) is 30.3 Å². The van der Waals surface area contributed by atoms with Gasteiger partial charge in [0, 0.05) is 12.2 Å². The Hall–Kier alpha value is -2.38. The maximum absolute atomic E-state index is 11.7. The van der Waals surface area contributed by atoms with Gasteiger partial charge in [-0.25, -0.2) is 18.4 Å². The second-order valence-corrected chi connectivity index (χ2v) is 6.60. The SMILES string of the molecule is NS(=O)(=O)c1ccc(NC(=O)NCCCc2ccccc2)cc1. The van der Waals surface area contributed by atoms with Crippen molar-refractivity contribution in [1.29, 1.82) is 0 Å². The van der Waals surface area contributed by atoms with Gasteiger partial charge in [0.05, 0.1) is 4.90 Å². The van der Waals surface area contributed by atoms with Crippen molar-refractivity contribution in [3.63, 3.8) is 0 Å². The highest BCUT2D eigenvalue weighted by atomic mass is 32.2. The van der Waals surface area contributed by atoms with E-state index in [0.29, 0.717) is 12.2 Å². The first-order valence-electron chi connectivity index (χ1n) is 7.17. The van der Waals surface area contributed by atoms with Crippen LogP contribution in [-0.2, 0) is 16.4 Å². The van der Waals surface area contributed by atoms with Crippen LogP contribution in [0.15, 0.2) is 59.5 Å². The number of benzene rings is 2. The Kier molecular flexibility index (Phi) is 5.72. The molecule has 6 nitrogen and oxygen atoms in total. The lowest BCUT2D eigenvalue weighted by atomic mass is 10.1. The number of urea groups is 1. The molecule has 2 amide bonds. The molecule has 0 spiro atoms. The van der Waals surface area contributed by atoms with Crippen LogP contribution in [0.2, 0.25) is 0 Å². The fraction of sp³-hybridized carbons (Fsp3) is 0.188. The van der Waals surface area contributed by atoms with Crippen LogP contribution >= 0.6 is 0 Å². The maximum Gasteiger partial charge on any atom is 0.319 e. The standard InChI is InChI=1S/C16H19N3O3S/c17-23(21,22)15-10-8-14(9-11-15)19-16(20)18-12-4-7-13-5-2-1-3-6-13/h1-3,5-6,8-11H,4,7,12H2,(H2,17,21,22)(H2,18,19,20). The summed E-state index contributed by atoms with van der Waals surface area (Å²) in [5.74, 6) is 0. The molecule has 2 rings (SSSR count). The number of amides is 2. The fourth-order valence-corrected chi connectivity index (χ4v) is 2.56. The molecular formula is C16H19N3O3S. The Bertz CT molecular complexity index is 744. The summed E-state index contributed by atoms with van der Waals surface area (Å²) < 4.78 is 22.3. The zero-order valence-electron chi connectivity index (χ0n) is 12.5. The normalized spacial score (nSPS) is 11.0. The number of carbonyl (C=O) groups is 1. The van der Waals surface area contributed by atoms with Crippen molar-refractivity contribution in [2.75, 3.05) is 11.9 Å². The van der Waals surface area contributed by atoms with E-state index in [1.54, 1.807) is 0 Å². The predicted octanol–water partition coefficient (Wildman–Crippen LogP) is 2.09. The van der Waals surface area contributed by atoms with Gasteiger partial charge in [-0.05, 0) is 42.7 Å². The van der Waals surface area contributed by atoms with E-state index >= 15 is 0 Å². The van der Waals surface area contributed by atoms with Crippen LogP contribution in [0.1, 0.15) is 12.0 Å². The number of hydrogen-bond donors (Lipinski definition) is 3. The molecule has 0 aliphatic carbocycles. The van der Waals surface area contributed by atoms with Crippen LogP contribution in [0, 0.1) is 0 Å². The molecule has 23 heavy (non-hydrogen) atoms. The van der Waals surface area contributed by atoms with E-state index in [1.165, 1.54) is 29.8 Å². The first-order valence-corrected chi connectivity index (χ1v) is 8.71. The number of nitrogens with two attached hydrogens (primary N) is 1. The summed E-state index contributed by atoms with van der Waals surface area (Å²) >= 11 is 0. The van der Waals surface area contributed by atoms with Crippen molar-refractivity contribution < 1.29 is 13.2 Å². The number of sulfonamides is 1. The average molecular weight is 333 g/mol. The van der Waals surface area contributed by atoms with Gasteiger partial charge in [-0.3, -0.25) is 0 Å². The number of carbonyl (C=O) groups excluding carboxylic acids is 1. The Morgan fingerprint density at radius 1 is 1.00 bits per heavy atom. The molecule has 0 heterocycles. The summed E-state index contributed by atoms with van der Waals surface area (Å²) in [7, 11) is -3.72. The Labute approximate surface area is 135 Å². The first kappa shape index (κ1) is 17.0. The number of anilines is 1. The zero-order valence-corrected chi connectivity index (χ0v) is 13.3. The molecule has 0 saturated heterocycles. The van der Waals surface area contributed by atoms with E-state index in [2.05, 4.69) is 10.6 Å². The number of aryl methyl sites for hydroxylation is 1. The molecule has 2 aromatic rings. The summed E-state index contributed by atoms with van der Waals surface area (Å²) in [5, 5.41) is 10.4. The number of nitrogens with one attached hydrogen (secondary N) is 2. The van der Waals surface area contributed by atoms with E-state index in [4.69, 9.17) is 5.14 Å². The minimum atomic E-state index is -3.72. The lowest BCUT2D eigenvalue weighted by Gasteiger charge is -2.08. The molecule has 7 heteroatoms. The van der Waals surface area contributed by atoms with Crippen LogP contribution < -0.4 is 15.8 Å². The molecule has 0 unspecified atom stereocenters. The lowest BCUT2D eigenvalue weighted by molar-refractivity contribution is 0.252. The van der Waals surface area contributed by atoms with Gasteiger partial charge in [0.2, 0.25) is 10.0 Å². The first-order chi connectivity index (χ1) is 10.9. The summed E-state index contributed by atoms with van der Waals surface area (Å²) in [6.07, 6.45) is 1.73. The molecule has 0 aliphatic heterocycles. The Balaban J connectivity index is 1.74. The van der Waals surface area contributed by atoms with Crippen molar-refractivity contribution in [2.24, 2.45) is 5.14 Å². The van der Waals surface area contributed by atoms with Crippen molar-refractivity contribution in [2.45, 2.75) is 17.7 Å². The molecule has 122 valence electrons. The minimum Gasteiger partial charge on any atom is -0.338 e. The van der Waals surface area contributed by atoms with Crippen molar-refractivity contribution in [1.82, 2.24) is 5.32 Å². The van der Waals surface area contributed by atoms with Gasteiger partial charge < -0.3 is 10.6 Å². The van der Waals surface area contributed by atoms with Gasteiger partial charge in [0.1, 0.15) is 0 Å². The van der Waals surface area contributed by atoms with Crippen LogP contribution in [-0.4, -0.2) is 21.0 Å². The van der Waals surface area contributed by atoms with Crippen LogP contribution in [0.5, 0.6) is 0 Å². The zero-order chi connectivity index (χ0) is 16.7. The highest BCUT2D eigenvalue weighted by Gasteiger charge is 2.07. The molecule has 0 saturated carbocycles. The van der Waals surface area contributed by atoms with Crippen molar-refractivity contribution >= 4 is 21.7 Å². The van der Waals surface area contributed by atoms with Gasteiger partial charge in [-0.2, -0.15) is 0 Å². The summed E-state index contributed by atoms with van der Waals surface area (Å²) in [6, 6.07) is 15.4. The molecular weight excluding hydrogens is 314 g/mol. The van der Waals surface area contributed by atoms with E-state index in [9.17, 15) is 13.2 Å². The Morgan fingerprint density at radius 2 is 1.65 bits per heavy atom. The second kappa shape index (κ2) is 7.75. The third-order valence-electron chi connectivity index (χ3n) is 3.21. The minimum absolute atomic E-state index is 0.00585.